The van der Waals surface area contributed by atoms with Crippen LogP contribution in [0.5, 0.6) is 0 Å². The maximum absolute atomic E-state index is 8.82. The topological polar surface area (TPSA) is 23.8 Å². The zero-order valence-electron chi connectivity index (χ0n) is 7.32. The molecular weight excluding hydrogens is 178 g/mol. The Hall–Kier alpha value is -1.33. The summed E-state index contributed by atoms with van der Waals surface area (Å²) in [6.07, 6.45) is 0. The quantitative estimate of drug-likeness (QED) is 0.670. The smallest absolute Gasteiger partial charge is 0.0784 e. The fourth-order valence-electron chi connectivity index (χ4n) is 1.41. The minimum absolute atomic E-state index is 0.00454. The first-order chi connectivity index (χ1) is 6.33. The molecule has 2 rings (SSSR count). The van der Waals surface area contributed by atoms with Gasteiger partial charge >= 0.3 is 0 Å². The highest BCUT2D eigenvalue weighted by Crippen LogP contribution is 2.31. The molecule has 0 N–H and O–H groups in total. The van der Waals surface area contributed by atoms with Crippen molar-refractivity contribution in [2.24, 2.45) is 0 Å². The molecule has 0 aliphatic carbocycles. The van der Waals surface area contributed by atoms with Crippen molar-refractivity contribution >= 4 is 22.1 Å². The summed E-state index contributed by atoms with van der Waals surface area (Å²) in [6, 6.07) is 10.5. The predicted molar refractivity (Wildman–Crippen MR) is 55.9 cm³/mol. The second-order valence-electron chi connectivity index (χ2n) is 3.04. The summed E-state index contributed by atoms with van der Waals surface area (Å²) in [6.45, 7) is 1.94. The molecule has 13 heavy (non-hydrogen) atoms. The standard InChI is InChI=1S/C11H9NS/c1-8(6-12)11-10-5-3-2-4-9(10)7-13-11/h2-5,7-8H,1H3. The van der Waals surface area contributed by atoms with E-state index in [1.54, 1.807) is 11.3 Å². The summed E-state index contributed by atoms with van der Waals surface area (Å²) in [4.78, 5) is 1.18. The summed E-state index contributed by atoms with van der Waals surface area (Å²) in [5.74, 6) is 0.00454. The maximum atomic E-state index is 8.82. The van der Waals surface area contributed by atoms with Gasteiger partial charge in [0.05, 0.1) is 12.0 Å². The van der Waals surface area contributed by atoms with Gasteiger partial charge in [0.25, 0.3) is 0 Å². The van der Waals surface area contributed by atoms with Crippen molar-refractivity contribution in [1.82, 2.24) is 0 Å². The van der Waals surface area contributed by atoms with Crippen molar-refractivity contribution in [3.05, 3.63) is 34.5 Å². The number of hydrogen-bond donors (Lipinski definition) is 0. The van der Waals surface area contributed by atoms with E-state index in [-0.39, 0.29) is 5.92 Å². The fourth-order valence-corrected chi connectivity index (χ4v) is 2.44. The van der Waals surface area contributed by atoms with Crippen LogP contribution >= 0.6 is 11.3 Å². The Labute approximate surface area is 81.2 Å². The van der Waals surface area contributed by atoms with Gasteiger partial charge in [0.1, 0.15) is 0 Å². The molecule has 0 spiro atoms. The molecule has 0 aliphatic heterocycles. The van der Waals surface area contributed by atoms with Crippen LogP contribution in [0.1, 0.15) is 17.7 Å². The van der Waals surface area contributed by atoms with Crippen molar-refractivity contribution in [3.63, 3.8) is 0 Å². The lowest BCUT2D eigenvalue weighted by atomic mass is 10.1. The van der Waals surface area contributed by atoms with E-state index >= 15 is 0 Å². The molecule has 64 valence electrons. The van der Waals surface area contributed by atoms with Crippen molar-refractivity contribution < 1.29 is 0 Å². The SMILES string of the molecule is CC(C#N)c1scc2ccccc12. The molecule has 0 radical (unpaired) electrons. The molecular formula is C11H9NS. The van der Waals surface area contributed by atoms with Gasteiger partial charge in [0.2, 0.25) is 0 Å². The molecule has 1 aromatic heterocycles. The first kappa shape index (κ1) is 8.28. The van der Waals surface area contributed by atoms with E-state index in [0.717, 1.165) is 0 Å². The Morgan fingerprint density at radius 1 is 1.38 bits per heavy atom. The third-order valence-corrected chi connectivity index (χ3v) is 3.33. The molecule has 0 aliphatic rings. The molecule has 1 aromatic carbocycles. The largest absolute Gasteiger partial charge is 0.198 e. The minimum Gasteiger partial charge on any atom is -0.198 e. The van der Waals surface area contributed by atoms with Crippen molar-refractivity contribution in [2.45, 2.75) is 12.8 Å². The second kappa shape index (κ2) is 3.20. The van der Waals surface area contributed by atoms with E-state index in [1.165, 1.54) is 15.6 Å². The summed E-state index contributed by atoms with van der Waals surface area (Å²) >= 11 is 1.67. The highest BCUT2D eigenvalue weighted by atomic mass is 32.1. The molecule has 2 aromatic rings. The lowest BCUT2D eigenvalue weighted by molar-refractivity contribution is 1.02. The number of hydrogen-bond acceptors (Lipinski definition) is 2. The molecule has 0 fully saturated rings. The highest BCUT2D eigenvalue weighted by Gasteiger charge is 2.09. The van der Waals surface area contributed by atoms with Gasteiger partial charge in [-0.15, -0.1) is 11.3 Å². The van der Waals surface area contributed by atoms with E-state index in [9.17, 15) is 0 Å². The molecule has 1 unspecified atom stereocenters. The molecule has 2 heteroatoms. The minimum atomic E-state index is 0.00454. The fraction of sp³-hybridized carbons (Fsp3) is 0.182. The van der Waals surface area contributed by atoms with E-state index in [0.29, 0.717) is 0 Å². The molecule has 0 amide bonds. The number of rotatable bonds is 1. The third kappa shape index (κ3) is 1.32. The first-order valence-corrected chi connectivity index (χ1v) is 5.06. The van der Waals surface area contributed by atoms with Crippen LogP contribution in [0.25, 0.3) is 10.8 Å². The van der Waals surface area contributed by atoms with Crippen LogP contribution < -0.4 is 0 Å². The van der Waals surface area contributed by atoms with Gasteiger partial charge in [-0.1, -0.05) is 24.3 Å². The number of benzene rings is 1. The van der Waals surface area contributed by atoms with Gasteiger partial charge in [-0.3, -0.25) is 0 Å². The molecule has 0 bridgehead atoms. The van der Waals surface area contributed by atoms with Crippen LogP contribution in [-0.4, -0.2) is 0 Å². The van der Waals surface area contributed by atoms with E-state index in [2.05, 4.69) is 23.6 Å². The van der Waals surface area contributed by atoms with Crippen molar-refractivity contribution in [1.29, 1.82) is 5.26 Å². The Bertz CT molecular complexity index is 464. The zero-order valence-corrected chi connectivity index (χ0v) is 8.14. The monoisotopic (exact) mass is 187 g/mol. The van der Waals surface area contributed by atoms with Gasteiger partial charge in [-0.2, -0.15) is 5.26 Å². The normalized spacial score (nSPS) is 12.6. The van der Waals surface area contributed by atoms with Crippen LogP contribution in [0.15, 0.2) is 29.6 Å². The van der Waals surface area contributed by atoms with Crippen LogP contribution in [0.3, 0.4) is 0 Å². The Morgan fingerprint density at radius 3 is 2.92 bits per heavy atom. The zero-order chi connectivity index (χ0) is 9.26. The van der Waals surface area contributed by atoms with E-state index in [4.69, 9.17) is 5.26 Å². The van der Waals surface area contributed by atoms with Gasteiger partial charge in [-0.25, -0.2) is 0 Å². The average Bonchev–Trinajstić information content (AvgIpc) is 2.60. The Kier molecular flexibility index (Phi) is 2.03. The van der Waals surface area contributed by atoms with Crippen molar-refractivity contribution in [2.75, 3.05) is 0 Å². The molecule has 0 saturated heterocycles. The predicted octanol–water partition coefficient (Wildman–Crippen LogP) is 3.53. The van der Waals surface area contributed by atoms with E-state index in [1.807, 2.05) is 19.1 Å². The summed E-state index contributed by atoms with van der Waals surface area (Å²) in [5, 5.41) is 13.4. The molecule has 1 atom stereocenters. The molecule has 1 heterocycles. The Morgan fingerprint density at radius 2 is 2.15 bits per heavy atom. The van der Waals surface area contributed by atoms with Crippen LogP contribution in [0.4, 0.5) is 0 Å². The Balaban J connectivity index is 2.66. The number of nitriles is 1. The summed E-state index contributed by atoms with van der Waals surface area (Å²) in [7, 11) is 0. The van der Waals surface area contributed by atoms with Crippen LogP contribution in [-0.2, 0) is 0 Å². The molecule has 0 saturated carbocycles. The highest BCUT2D eigenvalue weighted by molar-refractivity contribution is 7.11. The number of fused-ring (bicyclic) bond motifs is 1. The van der Waals surface area contributed by atoms with Crippen molar-refractivity contribution in [3.8, 4) is 6.07 Å². The van der Waals surface area contributed by atoms with E-state index < -0.39 is 0 Å². The second-order valence-corrected chi connectivity index (χ2v) is 3.95. The average molecular weight is 187 g/mol. The lowest BCUT2D eigenvalue weighted by Crippen LogP contribution is -1.84. The molecule has 1 nitrogen and oxygen atoms in total. The maximum Gasteiger partial charge on any atom is 0.0784 e. The number of nitrogens with zero attached hydrogens (tertiary/aromatic N) is 1. The third-order valence-electron chi connectivity index (χ3n) is 2.13. The summed E-state index contributed by atoms with van der Waals surface area (Å²) < 4.78 is 0. The van der Waals surface area contributed by atoms with Gasteiger partial charge < -0.3 is 0 Å². The lowest BCUT2D eigenvalue weighted by Gasteiger charge is -1.98. The van der Waals surface area contributed by atoms with Gasteiger partial charge in [-0.05, 0) is 23.1 Å². The summed E-state index contributed by atoms with van der Waals surface area (Å²) in [5.41, 5.74) is 0. The number of thiophene rings is 1. The van der Waals surface area contributed by atoms with Crippen LogP contribution in [0, 0.1) is 11.3 Å². The first-order valence-electron chi connectivity index (χ1n) is 4.18. The van der Waals surface area contributed by atoms with Gasteiger partial charge in [0.15, 0.2) is 0 Å². The van der Waals surface area contributed by atoms with Gasteiger partial charge in [0, 0.05) is 4.88 Å². The van der Waals surface area contributed by atoms with Crippen LogP contribution in [0.2, 0.25) is 0 Å².